The molecule has 0 saturated carbocycles. The Balaban J connectivity index is 1.78. The highest BCUT2D eigenvalue weighted by molar-refractivity contribution is 5.40. The third-order valence-corrected chi connectivity index (χ3v) is 3.02. The maximum absolute atomic E-state index is 5.34. The summed E-state index contributed by atoms with van der Waals surface area (Å²) in [7, 11) is 3.34. The molecule has 0 amide bonds. The molecule has 2 aromatic rings. The highest BCUT2D eigenvalue weighted by atomic mass is 16.5. The first-order valence-corrected chi connectivity index (χ1v) is 6.59. The predicted octanol–water partition coefficient (Wildman–Crippen LogP) is 1.48. The quantitative estimate of drug-likeness (QED) is 0.740. The minimum Gasteiger partial charge on any atom is -0.497 e. The second-order valence-electron chi connectivity index (χ2n) is 4.37. The predicted molar refractivity (Wildman–Crippen MR) is 75.9 cm³/mol. The molecule has 0 saturated heterocycles. The number of nitrogens with zero attached hydrogens (tertiary/aromatic N) is 3. The lowest BCUT2D eigenvalue weighted by molar-refractivity contribution is 0.396. The van der Waals surface area contributed by atoms with Crippen LogP contribution in [0.25, 0.3) is 0 Å². The first-order valence-electron chi connectivity index (χ1n) is 6.59. The number of ether oxygens (including phenoxy) is 2. The van der Waals surface area contributed by atoms with Gasteiger partial charge in [-0.2, -0.15) is 0 Å². The van der Waals surface area contributed by atoms with E-state index in [4.69, 9.17) is 9.47 Å². The van der Waals surface area contributed by atoms with Gasteiger partial charge >= 0.3 is 0 Å². The number of benzene rings is 1. The summed E-state index contributed by atoms with van der Waals surface area (Å²) in [6, 6.07) is 5.81. The van der Waals surface area contributed by atoms with Crippen molar-refractivity contribution >= 4 is 0 Å². The number of aromatic nitrogens is 3. The smallest absolute Gasteiger partial charge is 0.123 e. The maximum Gasteiger partial charge on any atom is 0.123 e. The summed E-state index contributed by atoms with van der Waals surface area (Å²) in [4.78, 5) is 0. The Morgan fingerprint density at radius 3 is 2.85 bits per heavy atom. The van der Waals surface area contributed by atoms with Crippen molar-refractivity contribution in [2.24, 2.45) is 0 Å². The van der Waals surface area contributed by atoms with Gasteiger partial charge < -0.3 is 14.8 Å². The molecule has 0 radical (unpaired) electrons. The van der Waals surface area contributed by atoms with E-state index < -0.39 is 0 Å². The van der Waals surface area contributed by atoms with E-state index in [0.29, 0.717) is 0 Å². The van der Waals surface area contributed by atoms with Crippen LogP contribution in [0.4, 0.5) is 0 Å². The molecule has 2 rings (SSSR count). The number of aryl methyl sites for hydroxylation is 1. The molecule has 6 heteroatoms. The zero-order valence-corrected chi connectivity index (χ0v) is 11.9. The van der Waals surface area contributed by atoms with E-state index in [9.17, 15) is 0 Å². The topological polar surface area (TPSA) is 61.2 Å². The van der Waals surface area contributed by atoms with E-state index in [1.165, 1.54) is 0 Å². The second kappa shape index (κ2) is 7.49. The third-order valence-electron chi connectivity index (χ3n) is 3.02. The fourth-order valence-corrected chi connectivity index (χ4v) is 1.96. The maximum atomic E-state index is 5.34. The molecule has 1 aromatic heterocycles. The van der Waals surface area contributed by atoms with Crippen LogP contribution in [-0.2, 0) is 13.1 Å². The number of hydrogen-bond donors (Lipinski definition) is 1. The van der Waals surface area contributed by atoms with Gasteiger partial charge in [-0.1, -0.05) is 5.21 Å². The first kappa shape index (κ1) is 14.3. The molecule has 1 N–H and O–H groups in total. The van der Waals surface area contributed by atoms with Crippen LogP contribution >= 0.6 is 0 Å². The van der Waals surface area contributed by atoms with Gasteiger partial charge in [-0.3, -0.25) is 4.68 Å². The molecule has 1 aromatic carbocycles. The van der Waals surface area contributed by atoms with Gasteiger partial charge in [0.2, 0.25) is 0 Å². The molecule has 0 unspecified atom stereocenters. The van der Waals surface area contributed by atoms with Gasteiger partial charge in [0.25, 0.3) is 0 Å². The second-order valence-corrected chi connectivity index (χ2v) is 4.37. The van der Waals surface area contributed by atoms with E-state index in [2.05, 4.69) is 15.6 Å². The fourth-order valence-electron chi connectivity index (χ4n) is 1.96. The van der Waals surface area contributed by atoms with E-state index in [1.807, 2.05) is 29.1 Å². The Hall–Kier alpha value is -2.08. The van der Waals surface area contributed by atoms with Crippen LogP contribution in [0.3, 0.4) is 0 Å². The molecule has 108 valence electrons. The van der Waals surface area contributed by atoms with Crippen molar-refractivity contribution in [3.05, 3.63) is 36.2 Å². The van der Waals surface area contributed by atoms with Gasteiger partial charge in [-0.05, 0) is 31.2 Å². The largest absolute Gasteiger partial charge is 0.497 e. The standard InChI is InChI=1S/C14H20N4O2/c1-19-13-4-5-14(20-2)12(10-13)11-15-6-3-8-18-9-7-16-17-18/h4-5,7,9-10,15H,3,6,8,11H2,1-2H3. The van der Waals surface area contributed by atoms with Crippen molar-refractivity contribution in [1.82, 2.24) is 20.3 Å². The highest BCUT2D eigenvalue weighted by Gasteiger charge is 2.04. The summed E-state index contributed by atoms with van der Waals surface area (Å²) >= 11 is 0. The van der Waals surface area contributed by atoms with Gasteiger partial charge in [0.15, 0.2) is 0 Å². The molecule has 0 aliphatic carbocycles. The molecular weight excluding hydrogens is 256 g/mol. The van der Waals surface area contributed by atoms with Gasteiger partial charge in [-0.15, -0.1) is 5.10 Å². The molecule has 0 aliphatic heterocycles. The van der Waals surface area contributed by atoms with E-state index in [0.717, 1.165) is 43.1 Å². The Kier molecular flexibility index (Phi) is 5.37. The molecule has 0 bridgehead atoms. The molecule has 0 aliphatic rings. The molecule has 0 fully saturated rings. The Labute approximate surface area is 118 Å². The first-order chi connectivity index (χ1) is 9.83. The Bertz CT molecular complexity index is 514. The monoisotopic (exact) mass is 276 g/mol. The fraction of sp³-hybridized carbons (Fsp3) is 0.429. The van der Waals surface area contributed by atoms with Crippen LogP contribution in [0.15, 0.2) is 30.6 Å². The molecule has 0 spiro atoms. The van der Waals surface area contributed by atoms with Crippen molar-refractivity contribution < 1.29 is 9.47 Å². The molecule has 6 nitrogen and oxygen atoms in total. The van der Waals surface area contributed by atoms with Crippen LogP contribution in [0.1, 0.15) is 12.0 Å². The number of methoxy groups -OCH3 is 2. The number of nitrogens with one attached hydrogen (secondary N) is 1. The minimum absolute atomic E-state index is 0.748. The van der Waals surface area contributed by atoms with Crippen LogP contribution in [0, 0.1) is 0 Å². The van der Waals surface area contributed by atoms with Crippen LogP contribution in [-0.4, -0.2) is 35.8 Å². The van der Waals surface area contributed by atoms with E-state index >= 15 is 0 Å². The minimum atomic E-state index is 0.748. The summed E-state index contributed by atoms with van der Waals surface area (Å²) in [5.74, 6) is 1.71. The van der Waals surface area contributed by atoms with Crippen molar-refractivity contribution in [2.45, 2.75) is 19.5 Å². The van der Waals surface area contributed by atoms with Crippen molar-refractivity contribution in [1.29, 1.82) is 0 Å². The van der Waals surface area contributed by atoms with Gasteiger partial charge in [0.05, 0.1) is 20.4 Å². The molecule has 20 heavy (non-hydrogen) atoms. The highest BCUT2D eigenvalue weighted by Crippen LogP contribution is 2.23. The average Bonchev–Trinajstić information content (AvgIpc) is 3.00. The molecular formula is C14H20N4O2. The third kappa shape index (κ3) is 3.96. The Morgan fingerprint density at radius 2 is 2.15 bits per heavy atom. The summed E-state index contributed by atoms with van der Waals surface area (Å²) in [6.07, 6.45) is 4.55. The summed E-state index contributed by atoms with van der Waals surface area (Å²) in [5, 5.41) is 11.1. The normalized spacial score (nSPS) is 10.5. The SMILES string of the molecule is COc1ccc(OC)c(CNCCCn2ccnn2)c1. The van der Waals surface area contributed by atoms with Gasteiger partial charge in [-0.25, -0.2) is 0 Å². The van der Waals surface area contributed by atoms with Crippen molar-refractivity contribution in [3.8, 4) is 11.5 Å². The van der Waals surface area contributed by atoms with Crippen LogP contribution in [0.2, 0.25) is 0 Å². The van der Waals surface area contributed by atoms with Crippen molar-refractivity contribution in [3.63, 3.8) is 0 Å². The van der Waals surface area contributed by atoms with E-state index in [1.54, 1.807) is 20.4 Å². The summed E-state index contributed by atoms with van der Waals surface area (Å²) in [6.45, 7) is 2.51. The van der Waals surface area contributed by atoms with E-state index in [-0.39, 0.29) is 0 Å². The van der Waals surface area contributed by atoms with Crippen LogP contribution < -0.4 is 14.8 Å². The lowest BCUT2D eigenvalue weighted by Crippen LogP contribution is -2.17. The van der Waals surface area contributed by atoms with Crippen molar-refractivity contribution in [2.75, 3.05) is 20.8 Å². The zero-order chi connectivity index (χ0) is 14.2. The van der Waals surface area contributed by atoms with Gasteiger partial charge in [0.1, 0.15) is 11.5 Å². The van der Waals surface area contributed by atoms with Gasteiger partial charge in [0, 0.05) is 24.8 Å². The lowest BCUT2D eigenvalue weighted by Gasteiger charge is -2.11. The number of hydrogen-bond acceptors (Lipinski definition) is 5. The zero-order valence-electron chi connectivity index (χ0n) is 11.9. The summed E-state index contributed by atoms with van der Waals surface area (Å²) < 4.78 is 12.4. The molecule has 0 atom stereocenters. The summed E-state index contributed by atoms with van der Waals surface area (Å²) in [5.41, 5.74) is 1.09. The number of rotatable bonds is 8. The Morgan fingerprint density at radius 1 is 1.25 bits per heavy atom. The lowest BCUT2D eigenvalue weighted by atomic mass is 10.2. The molecule has 1 heterocycles. The average molecular weight is 276 g/mol. The van der Waals surface area contributed by atoms with Crippen LogP contribution in [0.5, 0.6) is 11.5 Å².